The number of carbonyl (C=O) groups is 2. The second-order valence-electron chi connectivity index (χ2n) is 5.77. The Bertz CT molecular complexity index is 285. The highest BCUT2D eigenvalue weighted by atomic mass is 16.4. The van der Waals surface area contributed by atoms with Crippen molar-refractivity contribution in [1.82, 2.24) is 5.32 Å². The van der Waals surface area contributed by atoms with Crippen molar-refractivity contribution in [3.8, 4) is 0 Å². The highest BCUT2D eigenvalue weighted by Gasteiger charge is 2.15. The minimum atomic E-state index is -0.761. The molecule has 0 radical (unpaired) electrons. The minimum absolute atomic E-state index is 0.119. The Balaban J connectivity index is 2.00. The highest BCUT2D eigenvalue weighted by Crippen LogP contribution is 2.27. The Morgan fingerprint density at radius 3 is 2.58 bits per heavy atom. The summed E-state index contributed by atoms with van der Waals surface area (Å²) in [6.07, 6.45) is 9.55. The molecule has 1 fully saturated rings. The van der Waals surface area contributed by atoms with Crippen LogP contribution in [0.15, 0.2) is 0 Å². The van der Waals surface area contributed by atoms with E-state index in [-0.39, 0.29) is 11.8 Å². The standard InChI is InChI=1S/C15H27NO3/c1-12(15(18)19)6-5-11-16-14(17)10-9-13-7-3-2-4-8-13/h12-13H,2-11H2,1H3,(H,16,17)(H,18,19). The van der Waals surface area contributed by atoms with Gasteiger partial charge in [-0.05, 0) is 25.2 Å². The van der Waals surface area contributed by atoms with Crippen molar-refractivity contribution in [2.24, 2.45) is 11.8 Å². The van der Waals surface area contributed by atoms with Gasteiger partial charge in [0.2, 0.25) is 5.91 Å². The van der Waals surface area contributed by atoms with Crippen LogP contribution in [-0.2, 0) is 9.59 Å². The van der Waals surface area contributed by atoms with E-state index in [1.807, 2.05) is 0 Å². The van der Waals surface area contributed by atoms with Gasteiger partial charge in [-0.1, -0.05) is 39.0 Å². The summed E-state index contributed by atoms with van der Waals surface area (Å²) in [4.78, 5) is 22.3. The van der Waals surface area contributed by atoms with Crippen LogP contribution in [0.25, 0.3) is 0 Å². The zero-order valence-corrected chi connectivity index (χ0v) is 12.0. The maximum atomic E-state index is 11.6. The fourth-order valence-electron chi connectivity index (χ4n) is 2.66. The van der Waals surface area contributed by atoms with Crippen LogP contribution in [0.4, 0.5) is 0 Å². The first-order valence-corrected chi connectivity index (χ1v) is 7.59. The summed E-state index contributed by atoms with van der Waals surface area (Å²) >= 11 is 0. The molecule has 4 heteroatoms. The van der Waals surface area contributed by atoms with Gasteiger partial charge in [-0.25, -0.2) is 0 Å². The molecule has 0 aromatic carbocycles. The molecular formula is C15H27NO3. The molecule has 0 saturated heterocycles. The van der Waals surface area contributed by atoms with Crippen molar-refractivity contribution in [3.05, 3.63) is 0 Å². The molecule has 1 atom stereocenters. The van der Waals surface area contributed by atoms with Crippen molar-refractivity contribution in [1.29, 1.82) is 0 Å². The molecule has 0 aromatic rings. The van der Waals surface area contributed by atoms with Crippen LogP contribution in [0.2, 0.25) is 0 Å². The van der Waals surface area contributed by atoms with Gasteiger partial charge in [0.05, 0.1) is 5.92 Å². The maximum Gasteiger partial charge on any atom is 0.306 e. The van der Waals surface area contributed by atoms with Gasteiger partial charge in [-0.2, -0.15) is 0 Å². The van der Waals surface area contributed by atoms with E-state index in [2.05, 4.69) is 5.32 Å². The number of hydrogen-bond acceptors (Lipinski definition) is 2. The van der Waals surface area contributed by atoms with Gasteiger partial charge in [-0.3, -0.25) is 9.59 Å². The number of aliphatic carboxylic acids is 1. The number of hydrogen-bond donors (Lipinski definition) is 2. The molecule has 1 unspecified atom stereocenters. The summed E-state index contributed by atoms with van der Waals surface area (Å²) in [6, 6.07) is 0. The summed E-state index contributed by atoms with van der Waals surface area (Å²) in [5, 5.41) is 11.6. The smallest absolute Gasteiger partial charge is 0.306 e. The number of carboxylic acids is 1. The van der Waals surface area contributed by atoms with E-state index in [9.17, 15) is 9.59 Å². The first kappa shape index (κ1) is 16.0. The molecule has 0 spiro atoms. The fourth-order valence-corrected chi connectivity index (χ4v) is 2.66. The monoisotopic (exact) mass is 269 g/mol. The lowest BCUT2D eigenvalue weighted by atomic mass is 9.86. The van der Waals surface area contributed by atoms with Crippen molar-refractivity contribution in [2.45, 2.75) is 64.7 Å². The number of carbonyl (C=O) groups excluding carboxylic acids is 1. The number of amides is 1. The Labute approximate surface area is 116 Å². The van der Waals surface area contributed by atoms with Crippen LogP contribution >= 0.6 is 0 Å². The average Bonchev–Trinajstić information content (AvgIpc) is 2.42. The Morgan fingerprint density at radius 2 is 1.95 bits per heavy atom. The van der Waals surface area contributed by atoms with Crippen LogP contribution in [0.5, 0.6) is 0 Å². The van der Waals surface area contributed by atoms with Crippen LogP contribution in [0.1, 0.15) is 64.7 Å². The molecule has 1 aliphatic rings. The normalized spacial score (nSPS) is 17.9. The summed E-state index contributed by atoms with van der Waals surface area (Å²) in [7, 11) is 0. The second kappa shape index (κ2) is 8.94. The fraction of sp³-hybridized carbons (Fsp3) is 0.867. The number of carboxylic acid groups (broad SMARTS) is 1. The Hall–Kier alpha value is -1.06. The molecule has 0 bridgehead atoms. The predicted octanol–water partition coefficient (Wildman–Crippen LogP) is 2.96. The van der Waals surface area contributed by atoms with Crippen LogP contribution in [0, 0.1) is 11.8 Å². The maximum absolute atomic E-state index is 11.6. The molecule has 0 aromatic heterocycles. The molecule has 4 nitrogen and oxygen atoms in total. The number of nitrogens with one attached hydrogen (secondary N) is 1. The van der Waals surface area contributed by atoms with Crippen molar-refractivity contribution >= 4 is 11.9 Å². The van der Waals surface area contributed by atoms with Crippen molar-refractivity contribution in [2.75, 3.05) is 6.54 Å². The van der Waals surface area contributed by atoms with E-state index in [1.165, 1.54) is 32.1 Å². The van der Waals surface area contributed by atoms with Crippen LogP contribution in [0.3, 0.4) is 0 Å². The van der Waals surface area contributed by atoms with Gasteiger partial charge in [0.15, 0.2) is 0 Å². The van der Waals surface area contributed by atoms with Gasteiger partial charge in [0.1, 0.15) is 0 Å². The Kier molecular flexibility index (Phi) is 7.53. The van der Waals surface area contributed by atoms with E-state index >= 15 is 0 Å². The zero-order chi connectivity index (χ0) is 14.1. The molecule has 1 rings (SSSR count). The minimum Gasteiger partial charge on any atom is -0.481 e. The molecule has 19 heavy (non-hydrogen) atoms. The largest absolute Gasteiger partial charge is 0.481 e. The molecule has 1 amide bonds. The SMILES string of the molecule is CC(CCCNC(=O)CCC1CCCCC1)C(=O)O. The van der Waals surface area contributed by atoms with E-state index in [0.29, 0.717) is 19.4 Å². The van der Waals surface area contributed by atoms with Crippen LogP contribution in [-0.4, -0.2) is 23.5 Å². The third kappa shape index (κ3) is 7.19. The first-order valence-electron chi connectivity index (χ1n) is 7.59. The van der Waals surface area contributed by atoms with E-state index in [1.54, 1.807) is 6.92 Å². The summed E-state index contributed by atoms with van der Waals surface area (Å²) < 4.78 is 0. The van der Waals surface area contributed by atoms with Gasteiger partial charge in [0, 0.05) is 13.0 Å². The average molecular weight is 269 g/mol. The third-order valence-electron chi connectivity index (χ3n) is 4.06. The summed E-state index contributed by atoms with van der Waals surface area (Å²) in [5.74, 6) is -0.220. The van der Waals surface area contributed by atoms with Crippen LogP contribution < -0.4 is 5.32 Å². The van der Waals surface area contributed by atoms with Crippen molar-refractivity contribution < 1.29 is 14.7 Å². The van der Waals surface area contributed by atoms with Gasteiger partial charge in [0.25, 0.3) is 0 Å². The molecule has 0 aliphatic heterocycles. The van der Waals surface area contributed by atoms with Gasteiger partial charge >= 0.3 is 5.97 Å². The molecule has 1 saturated carbocycles. The van der Waals surface area contributed by atoms with Crippen molar-refractivity contribution in [3.63, 3.8) is 0 Å². The summed E-state index contributed by atoms with van der Waals surface area (Å²) in [6.45, 7) is 2.30. The molecule has 110 valence electrons. The lowest BCUT2D eigenvalue weighted by molar-refractivity contribution is -0.141. The highest BCUT2D eigenvalue weighted by molar-refractivity contribution is 5.75. The quantitative estimate of drug-likeness (QED) is 0.666. The lowest BCUT2D eigenvalue weighted by Crippen LogP contribution is -2.25. The molecule has 1 aliphatic carbocycles. The number of rotatable bonds is 8. The predicted molar refractivity (Wildman–Crippen MR) is 74.9 cm³/mol. The second-order valence-corrected chi connectivity index (χ2v) is 5.77. The topological polar surface area (TPSA) is 66.4 Å². The van der Waals surface area contributed by atoms with Gasteiger partial charge < -0.3 is 10.4 Å². The van der Waals surface area contributed by atoms with Gasteiger partial charge in [-0.15, -0.1) is 0 Å². The van der Waals surface area contributed by atoms with E-state index in [0.717, 1.165) is 18.8 Å². The lowest BCUT2D eigenvalue weighted by Gasteiger charge is -2.21. The summed E-state index contributed by atoms with van der Waals surface area (Å²) in [5.41, 5.74) is 0. The van der Waals surface area contributed by atoms with E-state index < -0.39 is 5.97 Å². The Morgan fingerprint density at radius 1 is 1.26 bits per heavy atom. The zero-order valence-electron chi connectivity index (χ0n) is 12.0. The third-order valence-corrected chi connectivity index (χ3v) is 4.06. The molecule has 2 N–H and O–H groups in total. The van der Waals surface area contributed by atoms with E-state index in [4.69, 9.17) is 5.11 Å². The molecule has 0 heterocycles. The molecular weight excluding hydrogens is 242 g/mol. The first-order chi connectivity index (χ1) is 9.09.